The predicted octanol–water partition coefficient (Wildman–Crippen LogP) is 1.31. The van der Waals surface area contributed by atoms with E-state index in [4.69, 9.17) is 20.9 Å². The van der Waals surface area contributed by atoms with Crippen molar-refractivity contribution >= 4 is 27.7 Å². The van der Waals surface area contributed by atoms with E-state index in [1.54, 1.807) is 0 Å². The van der Waals surface area contributed by atoms with E-state index in [1.807, 2.05) is 0 Å². The Balaban J connectivity index is 0. The summed E-state index contributed by atoms with van der Waals surface area (Å²) in [4.78, 5) is 11.6. The van der Waals surface area contributed by atoms with Gasteiger partial charge in [0.2, 0.25) is 0 Å². The number of rotatable bonds is 10. The minimum Gasteiger partial charge on any atom is -1.00 e. The fourth-order valence-electron chi connectivity index (χ4n) is 2.08. The molecule has 132 valence electrons. The summed E-state index contributed by atoms with van der Waals surface area (Å²) >= 11 is 6.01. The third-order valence-corrected chi connectivity index (χ3v) is 4.67. The molecule has 0 amide bonds. The van der Waals surface area contributed by atoms with Gasteiger partial charge in [0, 0.05) is 0 Å². The molecule has 0 saturated heterocycles. The summed E-state index contributed by atoms with van der Waals surface area (Å²) in [7, 11) is -4.25. The van der Waals surface area contributed by atoms with Gasteiger partial charge in [0.25, 0.3) is 10.1 Å². The van der Waals surface area contributed by atoms with E-state index in [-0.39, 0.29) is 41.6 Å². The summed E-state index contributed by atoms with van der Waals surface area (Å²) in [6, 6.07) is 4.93. The molecule has 0 saturated carbocycles. The molecule has 0 aromatic heterocycles. The van der Waals surface area contributed by atoms with Crippen molar-refractivity contribution in [2.45, 2.75) is 62.1 Å². The molecule has 0 radical (unpaired) electrons. The Morgan fingerprint density at radius 1 is 1.17 bits per heavy atom. The summed E-state index contributed by atoms with van der Waals surface area (Å²) < 4.78 is 35.8. The molecular weight excluding hydrogens is 363 g/mol. The molecule has 24 heavy (non-hydrogen) atoms. The van der Waals surface area contributed by atoms with Crippen LogP contribution < -0.4 is 34.3 Å². The SMILES string of the molecule is CCCCCCCCC(Cl)C(=O)Oc1ccc(S(=O)(=O)O)cc1.[H-].[Na+]. The van der Waals surface area contributed by atoms with Gasteiger partial charge in [-0.15, -0.1) is 11.6 Å². The van der Waals surface area contributed by atoms with Crippen molar-refractivity contribution in [2.75, 3.05) is 0 Å². The van der Waals surface area contributed by atoms with Crippen molar-refractivity contribution in [3.05, 3.63) is 24.3 Å². The Labute approximate surface area is 172 Å². The van der Waals surface area contributed by atoms with Crippen molar-refractivity contribution in [1.29, 1.82) is 0 Å². The Hall–Kier alpha value is -0.110. The maximum atomic E-state index is 11.8. The predicted molar refractivity (Wildman–Crippen MR) is 90.6 cm³/mol. The zero-order valence-corrected chi connectivity index (χ0v) is 17.8. The normalized spacial score (nSPS) is 12.3. The number of carbonyl (C=O) groups is 1. The summed E-state index contributed by atoms with van der Waals surface area (Å²) in [6.45, 7) is 2.16. The van der Waals surface area contributed by atoms with Crippen molar-refractivity contribution in [2.24, 2.45) is 0 Å². The largest absolute Gasteiger partial charge is 1.00 e. The van der Waals surface area contributed by atoms with Gasteiger partial charge in [-0.3, -0.25) is 9.35 Å². The molecule has 0 heterocycles. The molecule has 1 N–H and O–H groups in total. The second-order valence-corrected chi connectivity index (χ2v) is 7.34. The van der Waals surface area contributed by atoms with Crippen molar-refractivity contribution in [3.63, 3.8) is 0 Å². The van der Waals surface area contributed by atoms with Gasteiger partial charge >= 0.3 is 35.5 Å². The minimum atomic E-state index is -4.25. The van der Waals surface area contributed by atoms with E-state index in [0.717, 1.165) is 31.4 Å². The Morgan fingerprint density at radius 2 is 1.71 bits per heavy atom. The Morgan fingerprint density at radius 3 is 2.25 bits per heavy atom. The number of alkyl halides is 1. The molecule has 0 aliphatic heterocycles. The number of hydrogen-bond acceptors (Lipinski definition) is 4. The van der Waals surface area contributed by atoms with Gasteiger partial charge in [-0.25, -0.2) is 0 Å². The molecule has 1 unspecified atom stereocenters. The van der Waals surface area contributed by atoms with Crippen LogP contribution in [0.15, 0.2) is 29.2 Å². The van der Waals surface area contributed by atoms with Crippen LogP contribution in [0.5, 0.6) is 5.75 Å². The number of carbonyl (C=O) groups excluding carboxylic acids is 1. The first-order chi connectivity index (χ1) is 10.8. The maximum absolute atomic E-state index is 11.8. The molecule has 8 heteroatoms. The smallest absolute Gasteiger partial charge is 1.00 e. The molecule has 1 atom stereocenters. The molecule has 0 aliphatic carbocycles. The zero-order chi connectivity index (χ0) is 17.3. The number of benzene rings is 1. The molecule has 0 spiro atoms. The van der Waals surface area contributed by atoms with E-state index >= 15 is 0 Å². The molecule has 1 aromatic rings. The first kappa shape index (κ1) is 23.9. The molecule has 5 nitrogen and oxygen atoms in total. The molecule has 1 aromatic carbocycles. The number of hydrogen-bond donors (Lipinski definition) is 1. The number of esters is 1. The van der Waals surface area contributed by atoms with Crippen LogP contribution in [-0.4, -0.2) is 24.3 Å². The first-order valence-corrected chi connectivity index (χ1v) is 9.65. The van der Waals surface area contributed by atoms with Crippen molar-refractivity contribution < 1.29 is 53.5 Å². The van der Waals surface area contributed by atoms with E-state index in [0.29, 0.717) is 6.42 Å². The molecule has 0 aliphatic rings. The number of ether oxygens (including phenoxy) is 1. The number of unbranched alkanes of at least 4 members (excludes halogenated alkanes) is 5. The van der Waals surface area contributed by atoms with Crippen LogP contribution >= 0.6 is 11.6 Å². The standard InChI is InChI=1S/C16H23ClO5S.Na.H/c1-2-3-4-5-6-7-8-15(17)16(18)22-13-9-11-14(12-10-13)23(19,20)21;;/h9-12,15H,2-8H2,1H3,(H,19,20,21);;/q;+1;-1. The van der Waals surface area contributed by atoms with Gasteiger partial charge in [0.15, 0.2) is 0 Å². The van der Waals surface area contributed by atoms with Gasteiger partial charge in [0.1, 0.15) is 11.1 Å². The molecular formula is C16H24ClNaO5S. The Bertz CT molecular complexity index is 595. The summed E-state index contributed by atoms with van der Waals surface area (Å²) in [5, 5.41) is -0.720. The van der Waals surface area contributed by atoms with Gasteiger partial charge < -0.3 is 6.16 Å². The van der Waals surface area contributed by atoms with Gasteiger partial charge in [-0.2, -0.15) is 8.42 Å². The van der Waals surface area contributed by atoms with E-state index in [1.165, 1.54) is 31.4 Å². The monoisotopic (exact) mass is 386 g/mol. The van der Waals surface area contributed by atoms with Crippen LogP contribution in [0.2, 0.25) is 0 Å². The fraction of sp³-hybridized carbons (Fsp3) is 0.562. The number of halogens is 1. The van der Waals surface area contributed by atoms with Crippen LogP contribution in [-0.2, 0) is 14.9 Å². The van der Waals surface area contributed by atoms with E-state index < -0.39 is 21.5 Å². The van der Waals surface area contributed by atoms with Crippen molar-refractivity contribution in [3.8, 4) is 5.75 Å². The van der Waals surface area contributed by atoms with Crippen LogP contribution in [0.1, 0.15) is 53.3 Å². The average Bonchev–Trinajstić information content (AvgIpc) is 2.50. The van der Waals surface area contributed by atoms with Crippen LogP contribution in [0.4, 0.5) is 0 Å². The van der Waals surface area contributed by atoms with Crippen LogP contribution in [0, 0.1) is 0 Å². The summed E-state index contributed by atoms with van der Waals surface area (Å²) in [6.07, 6.45) is 7.23. The molecule has 0 bridgehead atoms. The summed E-state index contributed by atoms with van der Waals surface area (Å²) in [5.41, 5.74) is 0. The fourth-order valence-corrected chi connectivity index (χ4v) is 2.76. The molecule has 1 rings (SSSR count). The van der Waals surface area contributed by atoms with Gasteiger partial charge in [-0.05, 0) is 30.7 Å². The second-order valence-electron chi connectivity index (χ2n) is 5.39. The van der Waals surface area contributed by atoms with Crippen molar-refractivity contribution in [1.82, 2.24) is 0 Å². The maximum Gasteiger partial charge on any atom is 1.00 e. The third kappa shape index (κ3) is 9.39. The second kappa shape index (κ2) is 12.3. The first-order valence-electron chi connectivity index (χ1n) is 7.78. The van der Waals surface area contributed by atoms with E-state index in [2.05, 4.69) is 6.92 Å². The topological polar surface area (TPSA) is 80.7 Å². The third-order valence-electron chi connectivity index (χ3n) is 3.41. The Kier molecular flexibility index (Phi) is 12.2. The van der Waals surface area contributed by atoms with Crippen LogP contribution in [0.25, 0.3) is 0 Å². The zero-order valence-electron chi connectivity index (χ0n) is 15.2. The molecule has 0 fully saturated rings. The van der Waals surface area contributed by atoms with Crippen LogP contribution in [0.3, 0.4) is 0 Å². The van der Waals surface area contributed by atoms with E-state index in [9.17, 15) is 13.2 Å². The van der Waals surface area contributed by atoms with Gasteiger partial charge in [-0.1, -0.05) is 45.4 Å². The van der Waals surface area contributed by atoms with Gasteiger partial charge in [0.05, 0.1) is 4.90 Å². The summed E-state index contributed by atoms with van der Waals surface area (Å²) in [5.74, 6) is -0.365. The average molecular weight is 387 g/mol. The minimum absolute atomic E-state index is 0. The quantitative estimate of drug-likeness (QED) is 0.164.